The van der Waals surface area contributed by atoms with Crippen molar-refractivity contribution >= 4 is 16.9 Å². The van der Waals surface area contributed by atoms with Crippen LogP contribution in [0.5, 0.6) is 0 Å². The lowest BCUT2D eigenvalue weighted by Gasteiger charge is -2.22. The van der Waals surface area contributed by atoms with Gasteiger partial charge in [0, 0.05) is 11.5 Å². The summed E-state index contributed by atoms with van der Waals surface area (Å²) in [6.07, 6.45) is 5.35. The van der Waals surface area contributed by atoms with E-state index in [9.17, 15) is 9.59 Å². The molecule has 0 saturated heterocycles. The van der Waals surface area contributed by atoms with Gasteiger partial charge in [0.05, 0.1) is 5.52 Å². The van der Waals surface area contributed by atoms with Crippen LogP contribution in [0.4, 0.5) is 0 Å². The number of rotatable bonds is 3. The van der Waals surface area contributed by atoms with E-state index in [0.29, 0.717) is 0 Å². The summed E-state index contributed by atoms with van der Waals surface area (Å²) in [6.45, 7) is 1.89. The molecule has 0 unspecified atom stereocenters. The second-order valence-corrected chi connectivity index (χ2v) is 6.02. The molecule has 1 saturated carbocycles. The highest BCUT2D eigenvalue weighted by molar-refractivity contribution is 5.83. The Labute approximate surface area is 129 Å². The average Bonchev–Trinajstić information content (AvgIpc) is 2.52. The van der Waals surface area contributed by atoms with Gasteiger partial charge in [-0.1, -0.05) is 24.6 Å². The number of carbonyl (C=O) groups is 1. The van der Waals surface area contributed by atoms with Crippen molar-refractivity contribution in [1.82, 2.24) is 4.57 Å². The molecule has 116 valence electrons. The lowest BCUT2D eigenvalue weighted by molar-refractivity contribution is -0.151. The summed E-state index contributed by atoms with van der Waals surface area (Å²) in [5.74, 6) is -0.317. The molecule has 3 rings (SSSR count). The lowest BCUT2D eigenvalue weighted by Crippen LogP contribution is -2.28. The summed E-state index contributed by atoms with van der Waals surface area (Å²) in [6, 6.07) is 9.23. The highest BCUT2D eigenvalue weighted by Crippen LogP contribution is 2.21. The number of aromatic nitrogens is 1. The van der Waals surface area contributed by atoms with Crippen molar-refractivity contribution in [2.24, 2.45) is 0 Å². The van der Waals surface area contributed by atoms with Gasteiger partial charge in [-0.2, -0.15) is 0 Å². The summed E-state index contributed by atoms with van der Waals surface area (Å²) in [7, 11) is 0. The maximum absolute atomic E-state index is 12.2. The first-order valence-corrected chi connectivity index (χ1v) is 7.94. The van der Waals surface area contributed by atoms with E-state index in [2.05, 4.69) is 0 Å². The number of para-hydroxylation sites is 1. The van der Waals surface area contributed by atoms with Crippen LogP contribution in [-0.2, 0) is 16.1 Å². The van der Waals surface area contributed by atoms with E-state index in [1.807, 2.05) is 31.2 Å². The monoisotopic (exact) mass is 299 g/mol. The third-order valence-corrected chi connectivity index (χ3v) is 4.36. The van der Waals surface area contributed by atoms with E-state index in [-0.39, 0.29) is 24.2 Å². The zero-order valence-corrected chi connectivity index (χ0v) is 12.9. The first-order valence-electron chi connectivity index (χ1n) is 7.94. The highest BCUT2D eigenvalue weighted by Gasteiger charge is 2.18. The van der Waals surface area contributed by atoms with Crippen molar-refractivity contribution in [1.29, 1.82) is 0 Å². The Balaban J connectivity index is 1.84. The summed E-state index contributed by atoms with van der Waals surface area (Å²) in [4.78, 5) is 24.4. The molecule has 1 aliphatic rings. The standard InChI is InChI=1S/C18H21NO3/c1-13-11-17(20)19(16-10-6-5-9-15(13)16)12-18(21)22-14-7-3-2-4-8-14/h5-6,9-11,14H,2-4,7-8,12H2,1H3. The van der Waals surface area contributed by atoms with Gasteiger partial charge >= 0.3 is 5.97 Å². The fourth-order valence-corrected chi connectivity index (χ4v) is 3.20. The van der Waals surface area contributed by atoms with Gasteiger partial charge in [0.1, 0.15) is 12.6 Å². The van der Waals surface area contributed by atoms with E-state index >= 15 is 0 Å². The Bertz CT molecular complexity index is 742. The molecule has 1 aliphatic carbocycles. The molecule has 0 spiro atoms. The van der Waals surface area contributed by atoms with Gasteiger partial charge in [-0.15, -0.1) is 0 Å². The van der Waals surface area contributed by atoms with Crippen molar-refractivity contribution < 1.29 is 9.53 Å². The number of fused-ring (bicyclic) bond motifs is 1. The largest absolute Gasteiger partial charge is 0.461 e. The number of hydrogen-bond acceptors (Lipinski definition) is 3. The number of aryl methyl sites for hydroxylation is 1. The van der Waals surface area contributed by atoms with Crippen LogP contribution in [0, 0.1) is 6.92 Å². The van der Waals surface area contributed by atoms with E-state index in [1.165, 1.54) is 11.0 Å². The molecule has 0 radical (unpaired) electrons. The second-order valence-electron chi connectivity index (χ2n) is 6.02. The molecule has 0 amide bonds. The molecule has 22 heavy (non-hydrogen) atoms. The SMILES string of the molecule is Cc1cc(=O)n(CC(=O)OC2CCCCC2)c2ccccc12. The van der Waals surface area contributed by atoms with E-state index in [0.717, 1.165) is 42.1 Å². The Morgan fingerprint density at radius 1 is 1.23 bits per heavy atom. The third-order valence-electron chi connectivity index (χ3n) is 4.36. The van der Waals surface area contributed by atoms with Gasteiger partial charge in [0.15, 0.2) is 0 Å². The van der Waals surface area contributed by atoms with E-state index in [1.54, 1.807) is 6.07 Å². The number of carbonyl (C=O) groups excluding carboxylic acids is 1. The topological polar surface area (TPSA) is 48.3 Å². The predicted octanol–water partition coefficient (Wildman–Crippen LogP) is 3.19. The van der Waals surface area contributed by atoms with Crippen LogP contribution >= 0.6 is 0 Å². The Hall–Kier alpha value is -2.10. The molecule has 4 heteroatoms. The number of ether oxygens (including phenoxy) is 1. The normalized spacial score (nSPS) is 15.9. The molecule has 1 aromatic heterocycles. The van der Waals surface area contributed by atoms with Crippen molar-refractivity contribution in [3.8, 4) is 0 Å². The number of esters is 1. The molecule has 0 aliphatic heterocycles. The minimum atomic E-state index is -0.317. The molecule has 1 heterocycles. The number of hydrogen-bond donors (Lipinski definition) is 0. The molecule has 2 aromatic rings. The fraction of sp³-hybridized carbons (Fsp3) is 0.444. The van der Waals surface area contributed by atoms with Crippen molar-refractivity contribution in [2.45, 2.75) is 51.7 Å². The summed E-state index contributed by atoms with van der Waals surface area (Å²) < 4.78 is 7.04. The summed E-state index contributed by atoms with van der Waals surface area (Å²) in [5, 5.41) is 0.993. The van der Waals surface area contributed by atoms with E-state index in [4.69, 9.17) is 4.74 Å². The smallest absolute Gasteiger partial charge is 0.326 e. The first kappa shape index (κ1) is 14.8. The minimum Gasteiger partial charge on any atom is -0.461 e. The van der Waals surface area contributed by atoms with E-state index < -0.39 is 0 Å². The van der Waals surface area contributed by atoms with Gasteiger partial charge in [0.25, 0.3) is 5.56 Å². The number of nitrogens with zero attached hydrogens (tertiary/aromatic N) is 1. The van der Waals surface area contributed by atoms with Crippen LogP contribution < -0.4 is 5.56 Å². The molecular formula is C18H21NO3. The average molecular weight is 299 g/mol. The van der Waals surface area contributed by atoms with Gasteiger partial charge < -0.3 is 4.74 Å². The Morgan fingerprint density at radius 2 is 1.95 bits per heavy atom. The minimum absolute atomic E-state index is 0.0177. The van der Waals surface area contributed by atoms with Gasteiger partial charge in [0.2, 0.25) is 0 Å². The van der Waals surface area contributed by atoms with Crippen LogP contribution in [0.3, 0.4) is 0 Å². The maximum atomic E-state index is 12.2. The third kappa shape index (κ3) is 3.06. The zero-order valence-electron chi connectivity index (χ0n) is 12.9. The molecule has 4 nitrogen and oxygen atoms in total. The fourth-order valence-electron chi connectivity index (χ4n) is 3.20. The lowest BCUT2D eigenvalue weighted by atomic mass is 9.98. The quantitative estimate of drug-likeness (QED) is 0.818. The van der Waals surface area contributed by atoms with Gasteiger partial charge in [-0.3, -0.25) is 14.2 Å². The zero-order chi connectivity index (χ0) is 15.5. The van der Waals surface area contributed by atoms with Crippen LogP contribution in [0.15, 0.2) is 35.1 Å². The summed E-state index contributed by atoms with van der Waals surface area (Å²) >= 11 is 0. The highest BCUT2D eigenvalue weighted by atomic mass is 16.5. The molecule has 1 aromatic carbocycles. The van der Waals surface area contributed by atoms with Crippen molar-refractivity contribution in [3.63, 3.8) is 0 Å². The second kappa shape index (κ2) is 6.34. The van der Waals surface area contributed by atoms with Crippen molar-refractivity contribution in [2.75, 3.05) is 0 Å². The van der Waals surface area contributed by atoms with Crippen LogP contribution in [0.25, 0.3) is 10.9 Å². The predicted molar refractivity (Wildman–Crippen MR) is 85.9 cm³/mol. The molecule has 0 atom stereocenters. The molecule has 0 bridgehead atoms. The number of pyridine rings is 1. The van der Waals surface area contributed by atoms with Gasteiger partial charge in [-0.25, -0.2) is 0 Å². The molecule has 0 N–H and O–H groups in total. The van der Waals surface area contributed by atoms with Crippen molar-refractivity contribution in [3.05, 3.63) is 46.2 Å². The summed E-state index contributed by atoms with van der Waals surface area (Å²) in [5.41, 5.74) is 1.56. The van der Waals surface area contributed by atoms with Crippen LogP contribution in [0.2, 0.25) is 0 Å². The molecule has 1 fully saturated rings. The Kier molecular flexibility index (Phi) is 4.27. The van der Waals surface area contributed by atoms with Crippen LogP contribution in [0.1, 0.15) is 37.7 Å². The van der Waals surface area contributed by atoms with Crippen LogP contribution in [-0.4, -0.2) is 16.6 Å². The maximum Gasteiger partial charge on any atom is 0.326 e. The van der Waals surface area contributed by atoms with Gasteiger partial charge in [-0.05, 0) is 44.2 Å². The first-order chi connectivity index (χ1) is 10.6. The number of benzene rings is 1. The molecular weight excluding hydrogens is 278 g/mol. The Morgan fingerprint density at radius 3 is 2.73 bits per heavy atom.